The minimum atomic E-state index is -4.06. The molecule has 0 amide bonds. The van der Waals surface area contributed by atoms with Crippen LogP contribution in [0.25, 0.3) is 11.1 Å². The third-order valence-corrected chi connectivity index (χ3v) is 5.27. The van der Waals surface area contributed by atoms with E-state index in [4.69, 9.17) is 4.42 Å². The number of oxazole rings is 1. The van der Waals surface area contributed by atoms with Crippen molar-refractivity contribution in [2.24, 2.45) is 13.0 Å². The number of fused-ring (bicyclic) bond motifs is 1. The van der Waals surface area contributed by atoms with Crippen LogP contribution in [0.1, 0.15) is 20.3 Å². The van der Waals surface area contributed by atoms with Crippen LogP contribution in [-0.2, 0) is 21.9 Å². The number of carbonyl (C=O) groups is 1. The van der Waals surface area contributed by atoms with Crippen LogP contribution in [0, 0.1) is 5.92 Å². The first kappa shape index (κ1) is 17.2. The molecule has 0 aliphatic rings. The number of benzene rings is 1. The lowest BCUT2D eigenvalue weighted by atomic mass is 10.0. The summed E-state index contributed by atoms with van der Waals surface area (Å²) in [5.74, 6) is -2.22. The van der Waals surface area contributed by atoms with Crippen LogP contribution in [0.4, 0.5) is 0 Å². The summed E-state index contributed by atoms with van der Waals surface area (Å²) in [6.07, 6.45) is 0.506. The maximum atomic E-state index is 12.4. The number of aliphatic carboxylic acids is 1. The fraction of sp³-hybridized carbons (Fsp3) is 0.429. The lowest BCUT2D eigenvalue weighted by Gasteiger charge is -2.20. The summed E-state index contributed by atoms with van der Waals surface area (Å²) in [5, 5.41) is 9.21. The van der Waals surface area contributed by atoms with Gasteiger partial charge in [0, 0.05) is 13.1 Å². The van der Waals surface area contributed by atoms with Gasteiger partial charge < -0.3 is 9.52 Å². The van der Waals surface area contributed by atoms with Crippen molar-refractivity contribution in [2.75, 3.05) is 0 Å². The molecule has 0 saturated carbocycles. The Bertz CT molecular complexity index is 896. The molecule has 0 unspecified atom stereocenters. The van der Waals surface area contributed by atoms with Crippen molar-refractivity contribution in [1.29, 1.82) is 0 Å². The first-order valence-corrected chi connectivity index (χ1v) is 8.50. The highest BCUT2D eigenvalue weighted by Gasteiger charge is 2.29. The van der Waals surface area contributed by atoms with E-state index < -0.39 is 27.8 Å². The molecule has 0 fully saturated rings. The number of hydrogen-bond acceptors (Lipinski definition) is 5. The summed E-state index contributed by atoms with van der Waals surface area (Å²) in [7, 11) is -2.55. The third-order valence-electron chi connectivity index (χ3n) is 3.84. The molecule has 8 nitrogen and oxygen atoms in total. The van der Waals surface area contributed by atoms with E-state index in [-0.39, 0.29) is 16.4 Å². The summed E-state index contributed by atoms with van der Waals surface area (Å²) in [6, 6.07) is 2.71. The Morgan fingerprint density at radius 2 is 2.09 bits per heavy atom. The van der Waals surface area contributed by atoms with Crippen molar-refractivity contribution in [3.8, 4) is 0 Å². The van der Waals surface area contributed by atoms with Crippen LogP contribution >= 0.6 is 0 Å². The van der Waals surface area contributed by atoms with Crippen molar-refractivity contribution in [3.63, 3.8) is 0 Å². The average Bonchev–Trinajstić information content (AvgIpc) is 2.78. The topological polar surface area (TPSA) is 119 Å². The zero-order valence-corrected chi connectivity index (χ0v) is 13.8. The van der Waals surface area contributed by atoms with Gasteiger partial charge in [-0.1, -0.05) is 20.3 Å². The molecule has 2 aromatic rings. The summed E-state index contributed by atoms with van der Waals surface area (Å²) < 4.78 is 33.2. The van der Waals surface area contributed by atoms with Gasteiger partial charge in [0.25, 0.3) is 0 Å². The lowest BCUT2D eigenvalue weighted by Crippen LogP contribution is -2.44. The van der Waals surface area contributed by atoms with Crippen LogP contribution < -0.4 is 10.5 Å². The Morgan fingerprint density at radius 3 is 2.65 bits per heavy atom. The number of nitrogens with zero attached hydrogens (tertiary/aromatic N) is 1. The fourth-order valence-corrected chi connectivity index (χ4v) is 3.48. The second kappa shape index (κ2) is 6.17. The molecule has 0 aliphatic carbocycles. The predicted molar refractivity (Wildman–Crippen MR) is 82.7 cm³/mol. The van der Waals surface area contributed by atoms with E-state index >= 15 is 0 Å². The monoisotopic (exact) mass is 342 g/mol. The molecular weight excluding hydrogens is 324 g/mol. The third kappa shape index (κ3) is 3.30. The van der Waals surface area contributed by atoms with Crippen molar-refractivity contribution in [2.45, 2.75) is 31.2 Å². The van der Waals surface area contributed by atoms with Crippen molar-refractivity contribution in [1.82, 2.24) is 9.29 Å². The largest absolute Gasteiger partial charge is 0.480 e. The quantitative estimate of drug-likeness (QED) is 0.805. The Labute approximate surface area is 132 Å². The van der Waals surface area contributed by atoms with Gasteiger partial charge in [-0.05, 0) is 18.1 Å². The van der Waals surface area contributed by atoms with E-state index in [0.29, 0.717) is 11.9 Å². The van der Waals surface area contributed by atoms with Gasteiger partial charge in [0.15, 0.2) is 5.58 Å². The first-order chi connectivity index (χ1) is 10.7. The molecule has 2 rings (SSSR count). The van der Waals surface area contributed by atoms with Crippen LogP contribution in [0.2, 0.25) is 0 Å². The van der Waals surface area contributed by atoms with Gasteiger partial charge in [-0.3, -0.25) is 9.36 Å². The molecule has 1 aromatic heterocycles. The number of hydrogen-bond donors (Lipinski definition) is 2. The molecular formula is C14H18N2O6S. The Balaban J connectivity index is 2.43. The first-order valence-electron chi connectivity index (χ1n) is 7.02. The molecule has 1 heterocycles. The second-order valence-electron chi connectivity index (χ2n) is 5.38. The fourth-order valence-electron chi connectivity index (χ4n) is 2.16. The number of carboxylic acids is 1. The van der Waals surface area contributed by atoms with Gasteiger partial charge in [-0.25, -0.2) is 13.2 Å². The van der Waals surface area contributed by atoms with Gasteiger partial charge in [0.1, 0.15) is 6.04 Å². The smallest absolute Gasteiger partial charge is 0.419 e. The number of sulfonamides is 1. The van der Waals surface area contributed by atoms with E-state index in [9.17, 15) is 23.1 Å². The van der Waals surface area contributed by atoms with Crippen LogP contribution in [-0.4, -0.2) is 30.1 Å². The average molecular weight is 342 g/mol. The molecule has 0 bridgehead atoms. The number of rotatable bonds is 6. The molecule has 23 heavy (non-hydrogen) atoms. The maximum absolute atomic E-state index is 12.4. The van der Waals surface area contributed by atoms with E-state index in [0.717, 1.165) is 0 Å². The molecule has 0 aliphatic heterocycles. The molecule has 0 spiro atoms. The predicted octanol–water partition coefficient (Wildman–Crippen LogP) is 0.909. The molecule has 0 saturated heterocycles. The minimum absolute atomic E-state index is 0.121. The van der Waals surface area contributed by atoms with Crippen LogP contribution in [0.5, 0.6) is 0 Å². The standard InChI is InChI=1S/C14H18N2O6S/c1-4-8(2)12(13(17)18)15-23(20,21)9-5-6-10-11(7-9)22-14(19)16(10)3/h5-8,12,15H,4H2,1-3H3,(H,17,18)/t8-,12-/m0/s1. The Kier molecular flexibility index (Phi) is 4.62. The molecule has 9 heteroatoms. The maximum Gasteiger partial charge on any atom is 0.419 e. The zero-order valence-electron chi connectivity index (χ0n) is 12.9. The number of nitrogens with one attached hydrogen (secondary N) is 1. The van der Waals surface area contributed by atoms with E-state index in [2.05, 4.69) is 4.72 Å². The number of aromatic nitrogens is 1. The molecule has 2 N–H and O–H groups in total. The van der Waals surface area contributed by atoms with Crippen LogP contribution in [0.3, 0.4) is 0 Å². The highest BCUT2D eigenvalue weighted by Crippen LogP contribution is 2.19. The SMILES string of the molecule is CC[C@H](C)[C@H](NS(=O)(=O)c1ccc2c(c1)oc(=O)n2C)C(=O)O. The number of carboxylic acid groups (broad SMARTS) is 1. The summed E-state index contributed by atoms with van der Waals surface area (Å²) in [6.45, 7) is 3.43. The molecule has 0 radical (unpaired) electrons. The second-order valence-corrected chi connectivity index (χ2v) is 7.09. The van der Waals surface area contributed by atoms with Gasteiger partial charge in [-0.2, -0.15) is 4.72 Å². The highest BCUT2D eigenvalue weighted by molar-refractivity contribution is 7.89. The van der Waals surface area contributed by atoms with E-state index in [1.807, 2.05) is 0 Å². The zero-order chi connectivity index (χ0) is 17.4. The summed E-state index contributed by atoms with van der Waals surface area (Å²) in [4.78, 5) is 22.6. The summed E-state index contributed by atoms with van der Waals surface area (Å²) in [5.41, 5.74) is 0.571. The normalized spacial score (nSPS) is 14.7. The molecule has 1 aromatic carbocycles. The van der Waals surface area contributed by atoms with Gasteiger partial charge in [-0.15, -0.1) is 0 Å². The Morgan fingerprint density at radius 1 is 1.43 bits per heavy atom. The Hall–Kier alpha value is -2.13. The van der Waals surface area contributed by atoms with E-state index in [1.165, 1.54) is 29.8 Å². The number of aryl methyl sites for hydroxylation is 1. The van der Waals surface area contributed by atoms with Crippen molar-refractivity contribution in [3.05, 3.63) is 28.7 Å². The van der Waals surface area contributed by atoms with Crippen molar-refractivity contribution >= 4 is 27.1 Å². The highest BCUT2D eigenvalue weighted by atomic mass is 32.2. The van der Waals surface area contributed by atoms with Gasteiger partial charge >= 0.3 is 11.7 Å². The lowest BCUT2D eigenvalue weighted by molar-refractivity contribution is -0.140. The minimum Gasteiger partial charge on any atom is -0.480 e. The van der Waals surface area contributed by atoms with Gasteiger partial charge in [0.2, 0.25) is 10.0 Å². The molecule has 126 valence electrons. The molecule has 2 atom stereocenters. The van der Waals surface area contributed by atoms with Gasteiger partial charge in [0.05, 0.1) is 10.4 Å². The van der Waals surface area contributed by atoms with E-state index in [1.54, 1.807) is 13.8 Å². The van der Waals surface area contributed by atoms with Crippen molar-refractivity contribution < 1.29 is 22.7 Å². The van der Waals surface area contributed by atoms with Crippen LogP contribution in [0.15, 0.2) is 32.3 Å². The summed E-state index contributed by atoms with van der Waals surface area (Å²) >= 11 is 0.